The second-order valence-electron chi connectivity index (χ2n) is 7.01. The maximum atomic E-state index is 13.0. The first-order chi connectivity index (χ1) is 12.6. The maximum Gasteiger partial charge on any atom is 0.220 e. The number of nitrogens with zero attached hydrogens (tertiary/aromatic N) is 2. The van der Waals surface area contributed by atoms with Crippen molar-refractivity contribution in [3.8, 4) is 0 Å². The third kappa shape index (κ3) is 8.90. The molecule has 7 heteroatoms. The highest BCUT2D eigenvalue weighted by molar-refractivity contribution is 14.0. The number of halogens is 2. The summed E-state index contributed by atoms with van der Waals surface area (Å²) >= 11 is 0. The fourth-order valence-corrected chi connectivity index (χ4v) is 3.43. The fraction of sp³-hybridized carbons (Fsp3) is 0.600. The van der Waals surface area contributed by atoms with E-state index >= 15 is 0 Å². The van der Waals surface area contributed by atoms with Gasteiger partial charge in [0.15, 0.2) is 5.96 Å². The van der Waals surface area contributed by atoms with Crippen LogP contribution in [0.5, 0.6) is 0 Å². The SMILES string of the molecule is CN=C(NCCNC(=O)CC1CCCCC1)N(C)Cc1ccc(F)cc1.I. The van der Waals surface area contributed by atoms with Crippen LogP contribution in [0, 0.1) is 11.7 Å². The molecular formula is C20H32FIN4O. The summed E-state index contributed by atoms with van der Waals surface area (Å²) in [6, 6.07) is 6.46. The Balaban J connectivity index is 0.00000364. The number of aliphatic imine (C=N–C) groups is 1. The molecule has 0 bridgehead atoms. The molecule has 152 valence electrons. The van der Waals surface area contributed by atoms with Gasteiger partial charge in [0.05, 0.1) is 0 Å². The van der Waals surface area contributed by atoms with Gasteiger partial charge in [-0.15, -0.1) is 24.0 Å². The van der Waals surface area contributed by atoms with E-state index in [4.69, 9.17) is 0 Å². The molecule has 0 atom stereocenters. The van der Waals surface area contributed by atoms with Crippen LogP contribution in [0.3, 0.4) is 0 Å². The molecule has 0 unspecified atom stereocenters. The molecule has 0 radical (unpaired) electrons. The van der Waals surface area contributed by atoms with E-state index < -0.39 is 0 Å². The summed E-state index contributed by atoms with van der Waals surface area (Å²) in [6.07, 6.45) is 6.86. The van der Waals surface area contributed by atoms with Crippen LogP contribution in [-0.4, -0.2) is 44.0 Å². The molecule has 1 aromatic rings. The van der Waals surface area contributed by atoms with Gasteiger partial charge in [-0.1, -0.05) is 31.4 Å². The zero-order valence-electron chi connectivity index (χ0n) is 16.3. The lowest BCUT2D eigenvalue weighted by molar-refractivity contribution is -0.122. The van der Waals surface area contributed by atoms with Crippen molar-refractivity contribution < 1.29 is 9.18 Å². The standard InChI is InChI=1S/C20H31FN4O.HI/c1-22-20(25(2)15-17-8-10-18(21)11-9-17)24-13-12-23-19(26)14-16-6-4-3-5-7-16;/h8-11,16H,3-7,12-15H2,1-2H3,(H,22,24)(H,23,26);1H. The summed E-state index contributed by atoms with van der Waals surface area (Å²) in [4.78, 5) is 18.2. The molecule has 27 heavy (non-hydrogen) atoms. The van der Waals surface area contributed by atoms with Crippen LogP contribution in [0.1, 0.15) is 44.1 Å². The van der Waals surface area contributed by atoms with Crippen LogP contribution in [0.15, 0.2) is 29.3 Å². The van der Waals surface area contributed by atoms with Gasteiger partial charge in [-0.05, 0) is 36.5 Å². The highest BCUT2D eigenvalue weighted by atomic mass is 127. The monoisotopic (exact) mass is 490 g/mol. The van der Waals surface area contributed by atoms with E-state index in [2.05, 4.69) is 15.6 Å². The molecule has 5 nitrogen and oxygen atoms in total. The molecule has 1 saturated carbocycles. The van der Waals surface area contributed by atoms with Crippen molar-refractivity contribution in [1.29, 1.82) is 0 Å². The number of guanidine groups is 1. The number of rotatable bonds is 7. The zero-order valence-corrected chi connectivity index (χ0v) is 18.7. The quantitative estimate of drug-likeness (QED) is 0.266. The Bertz CT molecular complexity index is 588. The van der Waals surface area contributed by atoms with Crippen LogP contribution in [-0.2, 0) is 11.3 Å². The number of carbonyl (C=O) groups excluding carboxylic acids is 1. The van der Waals surface area contributed by atoms with Gasteiger partial charge in [-0.3, -0.25) is 9.79 Å². The van der Waals surface area contributed by atoms with Gasteiger partial charge in [0.25, 0.3) is 0 Å². The zero-order chi connectivity index (χ0) is 18.8. The van der Waals surface area contributed by atoms with Crippen molar-refractivity contribution in [3.05, 3.63) is 35.6 Å². The molecule has 2 N–H and O–H groups in total. The molecule has 1 fully saturated rings. The number of benzene rings is 1. The lowest BCUT2D eigenvalue weighted by Gasteiger charge is -2.23. The van der Waals surface area contributed by atoms with Gasteiger partial charge in [0.1, 0.15) is 5.82 Å². The van der Waals surface area contributed by atoms with E-state index in [0.717, 1.165) is 11.5 Å². The average Bonchev–Trinajstić information content (AvgIpc) is 2.64. The van der Waals surface area contributed by atoms with Crippen LogP contribution < -0.4 is 10.6 Å². The Labute approximate surface area is 179 Å². The molecule has 0 spiro atoms. The summed E-state index contributed by atoms with van der Waals surface area (Å²) < 4.78 is 13.0. The first-order valence-electron chi connectivity index (χ1n) is 9.51. The fourth-order valence-electron chi connectivity index (χ4n) is 3.43. The minimum atomic E-state index is -0.233. The molecular weight excluding hydrogens is 458 g/mol. The van der Waals surface area contributed by atoms with Crippen LogP contribution >= 0.6 is 24.0 Å². The summed E-state index contributed by atoms with van der Waals surface area (Å²) in [5, 5.41) is 6.23. The average molecular weight is 490 g/mol. The molecule has 1 aliphatic rings. The van der Waals surface area contributed by atoms with E-state index in [1.54, 1.807) is 19.2 Å². The number of nitrogens with one attached hydrogen (secondary N) is 2. The van der Waals surface area contributed by atoms with E-state index in [9.17, 15) is 9.18 Å². The molecule has 1 aliphatic carbocycles. The first-order valence-corrected chi connectivity index (χ1v) is 9.51. The predicted octanol–water partition coefficient (Wildman–Crippen LogP) is 3.54. The predicted molar refractivity (Wildman–Crippen MR) is 119 cm³/mol. The molecule has 1 aromatic carbocycles. The van der Waals surface area contributed by atoms with Gasteiger partial charge >= 0.3 is 0 Å². The molecule has 2 rings (SSSR count). The van der Waals surface area contributed by atoms with Crippen LogP contribution in [0.25, 0.3) is 0 Å². The largest absolute Gasteiger partial charge is 0.354 e. The maximum absolute atomic E-state index is 13.0. The third-order valence-electron chi connectivity index (χ3n) is 4.84. The third-order valence-corrected chi connectivity index (χ3v) is 4.84. The van der Waals surface area contributed by atoms with Crippen molar-refractivity contribution in [3.63, 3.8) is 0 Å². The summed E-state index contributed by atoms with van der Waals surface area (Å²) in [7, 11) is 3.66. The van der Waals surface area contributed by atoms with E-state index in [0.29, 0.717) is 32.0 Å². The van der Waals surface area contributed by atoms with Gasteiger partial charge in [0, 0.05) is 40.2 Å². The first kappa shape index (κ1) is 23.7. The summed E-state index contributed by atoms with van der Waals surface area (Å²) in [6.45, 7) is 1.83. The second-order valence-corrected chi connectivity index (χ2v) is 7.01. The van der Waals surface area contributed by atoms with Crippen molar-refractivity contribution in [1.82, 2.24) is 15.5 Å². The van der Waals surface area contributed by atoms with Crippen molar-refractivity contribution in [2.24, 2.45) is 10.9 Å². The number of carbonyl (C=O) groups is 1. The van der Waals surface area contributed by atoms with Crippen LogP contribution in [0.4, 0.5) is 4.39 Å². The highest BCUT2D eigenvalue weighted by Crippen LogP contribution is 2.25. The minimum absolute atomic E-state index is 0. The molecule has 0 saturated heterocycles. The lowest BCUT2D eigenvalue weighted by atomic mass is 9.87. The Morgan fingerprint density at radius 1 is 1.15 bits per heavy atom. The summed E-state index contributed by atoms with van der Waals surface area (Å²) in [5.41, 5.74) is 1.01. The Morgan fingerprint density at radius 3 is 2.41 bits per heavy atom. The van der Waals surface area contributed by atoms with Crippen LogP contribution in [0.2, 0.25) is 0 Å². The number of hydrogen-bond acceptors (Lipinski definition) is 2. The van der Waals surface area contributed by atoms with Crippen molar-refractivity contribution in [2.45, 2.75) is 45.1 Å². The van der Waals surface area contributed by atoms with E-state index in [-0.39, 0.29) is 35.7 Å². The molecule has 0 aliphatic heterocycles. The lowest BCUT2D eigenvalue weighted by Crippen LogP contribution is -2.42. The Hall–Kier alpha value is -1.38. The van der Waals surface area contributed by atoms with E-state index in [1.807, 2.05) is 11.9 Å². The molecule has 1 amide bonds. The Kier molecular flexibility index (Phi) is 11.3. The van der Waals surface area contributed by atoms with Gasteiger partial charge in [0.2, 0.25) is 5.91 Å². The Morgan fingerprint density at radius 2 is 1.78 bits per heavy atom. The smallest absolute Gasteiger partial charge is 0.220 e. The summed E-state index contributed by atoms with van der Waals surface area (Å²) in [5.74, 6) is 1.22. The van der Waals surface area contributed by atoms with E-state index in [1.165, 1.54) is 44.2 Å². The van der Waals surface area contributed by atoms with Crippen molar-refractivity contribution in [2.75, 3.05) is 27.2 Å². The number of hydrogen-bond donors (Lipinski definition) is 2. The molecule has 0 aromatic heterocycles. The second kappa shape index (κ2) is 12.9. The minimum Gasteiger partial charge on any atom is -0.354 e. The molecule has 0 heterocycles. The topological polar surface area (TPSA) is 56.7 Å². The van der Waals surface area contributed by atoms with Gasteiger partial charge < -0.3 is 15.5 Å². The van der Waals surface area contributed by atoms with Gasteiger partial charge in [-0.25, -0.2) is 4.39 Å². The van der Waals surface area contributed by atoms with Crippen molar-refractivity contribution >= 4 is 35.8 Å². The normalized spacial score (nSPS) is 15.0. The highest BCUT2D eigenvalue weighted by Gasteiger charge is 2.16. The van der Waals surface area contributed by atoms with Gasteiger partial charge in [-0.2, -0.15) is 0 Å². The number of amides is 1.